The van der Waals surface area contributed by atoms with E-state index >= 15 is 0 Å². The molecule has 4 aliphatic heterocycles. The Bertz CT molecular complexity index is 653. The minimum Gasteiger partial charge on any atom is -0.326 e. The Hall–Kier alpha value is -2.10. The average Bonchev–Trinajstić information content (AvgIpc) is 2.36. The second-order valence-electron chi connectivity index (χ2n) is 4.13. The van der Waals surface area contributed by atoms with Gasteiger partial charge in [0.2, 0.25) is 0 Å². The highest BCUT2D eigenvalue weighted by Crippen LogP contribution is 2.11. The lowest BCUT2D eigenvalue weighted by molar-refractivity contribution is 0.611. The smallest absolute Gasteiger partial charge is 0.159 e. The lowest BCUT2D eigenvalue weighted by Crippen LogP contribution is -2.20. The van der Waals surface area contributed by atoms with Crippen LogP contribution in [0.25, 0.3) is 12.4 Å². The molecule has 0 bridgehead atoms. The van der Waals surface area contributed by atoms with Gasteiger partial charge in [0.1, 0.15) is 0 Å². The molecule has 0 amide bonds. The van der Waals surface area contributed by atoms with Crippen molar-refractivity contribution < 1.29 is 0 Å². The van der Waals surface area contributed by atoms with Crippen LogP contribution in [0.15, 0.2) is 36.9 Å². The van der Waals surface area contributed by atoms with Crippen molar-refractivity contribution >= 4 is 12.4 Å². The standard InChI is InChI=1S/C12H12N4/c1-3-13-7-9-15-5-2-6-16-10-8-14(4-1)11(13)12(15)16/h1-3,6-10H,4-5H2. The van der Waals surface area contributed by atoms with Crippen LogP contribution in [-0.2, 0) is 13.1 Å². The molecule has 0 spiro atoms. The van der Waals surface area contributed by atoms with Crippen LogP contribution in [0.4, 0.5) is 0 Å². The van der Waals surface area contributed by atoms with Crippen LogP contribution in [0.2, 0.25) is 0 Å². The van der Waals surface area contributed by atoms with Crippen molar-refractivity contribution in [1.82, 2.24) is 18.3 Å². The molecule has 4 aliphatic rings. The topological polar surface area (TPSA) is 19.7 Å². The van der Waals surface area contributed by atoms with Crippen molar-refractivity contribution in [3.63, 3.8) is 0 Å². The van der Waals surface area contributed by atoms with E-state index in [0.717, 1.165) is 13.1 Å². The third-order valence-corrected chi connectivity index (χ3v) is 3.18. The van der Waals surface area contributed by atoms with Crippen LogP contribution in [0.5, 0.6) is 0 Å². The fourth-order valence-electron chi connectivity index (χ4n) is 2.46. The number of rotatable bonds is 0. The summed E-state index contributed by atoms with van der Waals surface area (Å²) in [5.74, 6) is 0. The molecule has 0 unspecified atom stereocenters. The lowest BCUT2D eigenvalue weighted by Gasteiger charge is -2.22. The minimum absolute atomic E-state index is 0.949. The van der Waals surface area contributed by atoms with Gasteiger partial charge in [0.05, 0.1) is 0 Å². The van der Waals surface area contributed by atoms with Gasteiger partial charge in [0, 0.05) is 50.3 Å². The van der Waals surface area contributed by atoms with Gasteiger partial charge in [-0.3, -0.25) is 0 Å². The van der Waals surface area contributed by atoms with Crippen molar-refractivity contribution in [2.45, 2.75) is 13.1 Å². The first kappa shape index (κ1) is 8.10. The number of allylic oxidation sites excluding steroid dienone is 2. The molecule has 0 atom stereocenters. The summed E-state index contributed by atoms with van der Waals surface area (Å²) in [5.41, 5.74) is 2.49. The first-order valence-electron chi connectivity index (χ1n) is 5.48. The van der Waals surface area contributed by atoms with E-state index in [1.165, 1.54) is 11.0 Å². The minimum atomic E-state index is 0.949. The van der Waals surface area contributed by atoms with Gasteiger partial charge in [-0.25, -0.2) is 0 Å². The fraction of sp³-hybridized carbons (Fsp3) is 0.167. The molecule has 0 saturated carbocycles. The van der Waals surface area contributed by atoms with Gasteiger partial charge in [-0.05, 0) is 12.2 Å². The fourth-order valence-corrected chi connectivity index (χ4v) is 2.46. The predicted octanol–water partition coefficient (Wildman–Crippen LogP) is 1.71. The van der Waals surface area contributed by atoms with Crippen molar-refractivity contribution in [1.29, 1.82) is 0 Å². The third kappa shape index (κ3) is 0.888. The zero-order valence-corrected chi connectivity index (χ0v) is 8.82. The van der Waals surface area contributed by atoms with E-state index in [0.29, 0.717) is 0 Å². The van der Waals surface area contributed by atoms with E-state index in [-0.39, 0.29) is 0 Å². The van der Waals surface area contributed by atoms with Crippen LogP contribution < -0.4 is 0 Å². The molecule has 0 aliphatic carbocycles. The summed E-state index contributed by atoms with van der Waals surface area (Å²) < 4.78 is 8.87. The molecule has 0 saturated heterocycles. The summed E-state index contributed by atoms with van der Waals surface area (Å²) in [6.07, 6.45) is 17.1. The summed E-state index contributed by atoms with van der Waals surface area (Å²) in [4.78, 5) is 0. The van der Waals surface area contributed by atoms with E-state index in [1.807, 2.05) is 0 Å². The summed E-state index contributed by atoms with van der Waals surface area (Å²) in [7, 11) is 0. The van der Waals surface area contributed by atoms with Crippen molar-refractivity contribution in [2.24, 2.45) is 0 Å². The van der Waals surface area contributed by atoms with Crippen LogP contribution in [0.3, 0.4) is 0 Å². The summed E-state index contributed by atoms with van der Waals surface area (Å²) in [6.45, 7) is 1.90. The molecule has 4 heteroatoms. The number of aromatic nitrogens is 4. The Morgan fingerprint density at radius 1 is 0.688 bits per heavy atom. The predicted molar refractivity (Wildman–Crippen MR) is 62.0 cm³/mol. The largest absolute Gasteiger partial charge is 0.326 e. The zero-order chi connectivity index (χ0) is 10.5. The van der Waals surface area contributed by atoms with Gasteiger partial charge < -0.3 is 18.3 Å². The summed E-state index contributed by atoms with van der Waals surface area (Å²) in [5, 5.41) is 0. The Morgan fingerprint density at radius 3 is 1.69 bits per heavy atom. The first-order valence-corrected chi connectivity index (χ1v) is 5.48. The van der Waals surface area contributed by atoms with Crippen LogP contribution in [0.1, 0.15) is 0 Å². The van der Waals surface area contributed by atoms with Gasteiger partial charge in [-0.15, -0.1) is 0 Å². The molecule has 0 N–H and O–H groups in total. The molecule has 0 radical (unpaired) electrons. The van der Waals surface area contributed by atoms with E-state index < -0.39 is 0 Å². The Balaban J connectivity index is 2.38. The third-order valence-electron chi connectivity index (χ3n) is 3.18. The molecule has 4 nitrogen and oxygen atoms in total. The monoisotopic (exact) mass is 212 g/mol. The molecule has 4 heterocycles. The Labute approximate surface area is 92.3 Å². The molecular formula is C12H12N4. The van der Waals surface area contributed by atoms with Crippen molar-refractivity contribution in [3.8, 4) is 0 Å². The second-order valence-corrected chi connectivity index (χ2v) is 4.13. The van der Waals surface area contributed by atoms with Crippen LogP contribution in [0, 0.1) is 11.0 Å². The normalized spacial score (nSPS) is 15.8. The van der Waals surface area contributed by atoms with Gasteiger partial charge >= 0.3 is 0 Å². The maximum atomic E-state index is 2.27. The highest BCUT2D eigenvalue weighted by Gasteiger charge is 2.08. The molecule has 80 valence electrons. The van der Waals surface area contributed by atoms with Crippen molar-refractivity contribution in [2.75, 3.05) is 0 Å². The molecule has 0 fully saturated rings. The zero-order valence-electron chi connectivity index (χ0n) is 8.82. The number of nitrogens with zero attached hydrogens (tertiary/aromatic N) is 4. The highest BCUT2D eigenvalue weighted by molar-refractivity contribution is 5.29. The molecule has 16 heavy (non-hydrogen) atoms. The molecule has 0 aromatic heterocycles. The molecule has 0 aromatic carbocycles. The van der Waals surface area contributed by atoms with Crippen LogP contribution in [-0.4, -0.2) is 18.3 Å². The van der Waals surface area contributed by atoms with Gasteiger partial charge in [0.15, 0.2) is 11.0 Å². The maximum Gasteiger partial charge on any atom is 0.159 e. The van der Waals surface area contributed by atoms with E-state index in [4.69, 9.17) is 0 Å². The van der Waals surface area contributed by atoms with Gasteiger partial charge in [0.25, 0.3) is 0 Å². The van der Waals surface area contributed by atoms with Crippen molar-refractivity contribution in [3.05, 3.63) is 47.9 Å². The number of hydrogen-bond acceptors (Lipinski definition) is 0. The molecule has 4 rings (SSSR count). The molecule has 0 aromatic rings. The van der Waals surface area contributed by atoms with Gasteiger partial charge in [-0.1, -0.05) is 0 Å². The van der Waals surface area contributed by atoms with Crippen LogP contribution >= 0.6 is 0 Å². The van der Waals surface area contributed by atoms with E-state index in [1.54, 1.807) is 0 Å². The summed E-state index contributed by atoms with van der Waals surface area (Å²) in [6, 6.07) is 0. The molecular weight excluding hydrogens is 200 g/mol. The maximum absolute atomic E-state index is 2.27. The number of hydrogen-bond donors (Lipinski definition) is 0. The van der Waals surface area contributed by atoms with Gasteiger partial charge in [-0.2, -0.15) is 0 Å². The highest BCUT2D eigenvalue weighted by atomic mass is 15.2. The van der Waals surface area contributed by atoms with E-state index in [2.05, 4.69) is 67.6 Å². The first-order chi connectivity index (χ1) is 7.93. The quantitative estimate of drug-likeness (QED) is 0.633. The summed E-state index contributed by atoms with van der Waals surface area (Å²) >= 11 is 0. The lowest BCUT2D eigenvalue weighted by atomic mass is 10.4. The van der Waals surface area contributed by atoms with E-state index in [9.17, 15) is 0 Å². The Morgan fingerprint density at radius 2 is 1.19 bits per heavy atom. The second kappa shape index (κ2) is 2.72. The Kier molecular flexibility index (Phi) is 1.38. The average molecular weight is 212 g/mol. The SMILES string of the molecule is C1=Cn2ccn3c4n(ccn(c2=4)C1)C=CC3.